The van der Waals surface area contributed by atoms with Gasteiger partial charge in [-0.15, -0.1) is 22.7 Å². The third-order valence-electron chi connectivity index (χ3n) is 27.4. The highest BCUT2D eigenvalue weighted by Crippen LogP contribution is 2.50. The summed E-state index contributed by atoms with van der Waals surface area (Å²) in [7, 11) is 0. The summed E-state index contributed by atoms with van der Waals surface area (Å²) in [4.78, 5) is 0. The normalized spacial score (nSPS) is 12.1. The molecule has 0 saturated carbocycles. The van der Waals surface area contributed by atoms with Gasteiger partial charge in [0.25, 0.3) is 0 Å². The summed E-state index contributed by atoms with van der Waals surface area (Å²) in [6, 6.07) is 163. The van der Waals surface area contributed by atoms with Gasteiger partial charge in [0.05, 0.1) is 71.9 Å². The number of hydrogen-bond acceptors (Lipinski definition) is 3. The average Bonchev–Trinajstić information content (AvgIpc) is 1.56. The molecule has 9 heteroatoms. The fourth-order valence-corrected chi connectivity index (χ4v) is 24.0. The van der Waals surface area contributed by atoms with E-state index >= 15 is 0 Å². The van der Waals surface area contributed by atoms with E-state index in [2.05, 4.69) is 470 Å². The summed E-state index contributed by atoms with van der Waals surface area (Å²) in [5.74, 6) is 0. The number of furan rings is 1. The van der Waals surface area contributed by atoms with Gasteiger partial charge in [0.1, 0.15) is 11.2 Å². The van der Waals surface area contributed by atoms with Crippen molar-refractivity contribution in [2.45, 2.75) is 0 Å². The van der Waals surface area contributed by atoms with Crippen LogP contribution < -0.4 is 0 Å². The van der Waals surface area contributed by atoms with Crippen molar-refractivity contribution in [3.8, 4) is 45.3 Å². The Labute approximate surface area is 757 Å². The van der Waals surface area contributed by atoms with E-state index < -0.39 is 0 Å². The largest absolute Gasteiger partial charge is 0.456 e. The number of thiophene rings is 2. The standard InChI is InChI=1S/C44H26N2O.C42H26N2S.C36H22N2S/c1-2-13-28(14-3-1)45-40-24-37-33-19-9-11-21-43(33)47-44(37)25-36(40)35-23-34-32-18-8-10-20-38(32)46(42(34)26-41(35)45)39-22-27-12-4-5-15-29(27)30-16-6-7-17-31(30)39;1-3-12-27(13-4-1)28-14-11-17-30(22-28)44-37-20-9-7-18-31(37)33-23-34-35-25-42-36(32-19-8-10-21-41(32)45-42)24-38(35)43(40(34)26-39(33)44)29-15-5-2-6-16-29;1-3-11-23(12-4-1)37-31-17-9-7-15-25(31)27-19-28-29-21-36-30(26-16-8-10-18-35(26)39-36)20-32(29)38(34(28)22-33(27)37)24-13-5-2-6-14-24/h1-26H;1-26H;1-22H. The summed E-state index contributed by atoms with van der Waals surface area (Å²) >= 11 is 3.77. The summed E-state index contributed by atoms with van der Waals surface area (Å²) in [5.41, 5.74) is 25.8. The van der Waals surface area contributed by atoms with Crippen molar-refractivity contribution in [3.63, 3.8) is 0 Å². The van der Waals surface area contributed by atoms with Crippen LogP contribution in [0.4, 0.5) is 0 Å². The highest BCUT2D eigenvalue weighted by Gasteiger charge is 2.27. The van der Waals surface area contributed by atoms with E-state index in [1.807, 2.05) is 28.7 Å². The van der Waals surface area contributed by atoms with Gasteiger partial charge < -0.3 is 31.8 Å². The maximum atomic E-state index is 6.41. The minimum atomic E-state index is 0.913. The highest BCUT2D eigenvalue weighted by atomic mass is 32.1. The predicted molar refractivity (Wildman–Crippen MR) is 559 cm³/mol. The third-order valence-corrected chi connectivity index (χ3v) is 29.7. The van der Waals surface area contributed by atoms with Crippen LogP contribution in [-0.4, -0.2) is 27.4 Å². The molecule has 131 heavy (non-hydrogen) atoms. The fraction of sp³-hybridized carbons (Fsp3) is 0. The van der Waals surface area contributed by atoms with Gasteiger partial charge in [-0.05, 0) is 203 Å². The lowest BCUT2D eigenvalue weighted by Crippen LogP contribution is -1.97. The molecule has 9 aromatic heterocycles. The molecule has 0 aliphatic rings. The Kier molecular flexibility index (Phi) is 16.2. The molecule has 30 rings (SSSR count). The zero-order valence-electron chi connectivity index (χ0n) is 70.6. The Bertz CT molecular complexity index is 10000. The van der Waals surface area contributed by atoms with Crippen LogP contribution >= 0.6 is 22.7 Å². The molecule has 610 valence electrons. The lowest BCUT2D eigenvalue weighted by molar-refractivity contribution is 0.669. The number of rotatable bonds is 7. The summed E-state index contributed by atoms with van der Waals surface area (Å²) < 4.78 is 26.4. The lowest BCUT2D eigenvalue weighted by Gasteiger charge is -2.14. The van der Waals surface area contributed by atoms with Crippen LogP contribution in [-0.2, 0) is 0 Å². The van der Waals surface area contributed by atoms with Crippen LogP contribution in [0.25, 0.3) is 260 Å². The Hall–Kier alpha value is -16.8. The molecule has 0 spiro atoms. The SMILES string of the molecule is c1ccc(-c2cccc(-n3c4ccccc4c4cc5c6cc7sc8ccccc8c7cc6n(-c6ccccc6)c5cc43)c2)cc1.c1ccc(-n2c3cc4c(cc3c3cc5c6ccccc6n(-c6cc7ccccc7c7ccccc67)c5cc32)oc2ccccc24)cc1.c1ccc(-n2c3ccccc3c3cc4c5cc6sc7ccccc7c6cc5n(-c5ccccc5)c4cc32)cc1. The van der Waals surface area contributed by atoms with Crippen molar-refractivity contribution in [1.29, 1.82) is 0 Å². The molecule has 30 aromatic rings. The van der Waals surface area contributed by atoms with Crippen molar-refractivity contribution in [2.75, 3.05) is 0 Å². The smallest absolute Gasteiger partial charge is 0.136 e. The highest BCUT2D eigenvalue weighted by molar-refractivity contribution is 7.26. The molecule has 0 N–H and O–H groups in total. The molecule has 0 fully saturated rings. The van der Waals surface area contributed by atoms with Gasteiger partial charge >= 0.3 is 0 Å². The molecule has 0 unspecified atom stereocenters. The van der Waals surface area contributed by atoms with Crippen LogP contribution in [0.2, 0.25) is 0 Å². The molecule has 0 bridgehead atoms. The number of aromatic nitrogens is 6. The zero-order chi connectivity index (χ0) is 85.6. The topological polar surface area (TPSA) is 42.7 Å². The van der Waals surface area contributed by atoms with Crippen molar-refractivity contribution < 1.29 is 4.42 Å². The second-order valence-electron chi connectivity index (χ2n) is 34.5. The van der Waals surface area contributed by atoms with Gasteiger partial charge in [-0.1, -0.05) is 273 Å². The second kappa shape index (κ2) is 28.9. The zero-order valence-corrected chi connectivity index (χ0v) is 72.3. The average molecular weight is 1700 g/mol. The fourth-order valence-electron chi connectivity index (χ4n) is 21.7. The Morgan fingerprint density at radius 2 is 0.466 bits per heavy atom. The molecule has 0 atom stereocenters. The molecule has 0 aliphatic heterocycles. The van der Waals surface area contributed by atoms with Gasteiger partial charge in [0, 0.05) is 150 Å². The molecule has 0 amide bonds. The predicted octanol–water partition coefficient (Wildman–Crippen LogP) is 34.3. The summed E-state index contributed by atoms with van der Waals surface area (Å²) in [6.45, 7) is 0. The summed E-state index contributed by atoms with van der Waals surface area (Å²) in [6.07, 6.45) is 0. The minimum Gasteiger partial charge on any atom is -0.456 e. The van der Waals surface area contributed by atoms with E-state index in [1.54, 1.807) is 0 Å². The maximum absolute atomic E-state index is 6.41. The van der Waals surface area contributed by atoms with Crippen LogP contribution in [0.5, 0.6) is 0 Å². The molecule has 0 radical (unpaired) electrons. The van der Waals surface area contributed by atoms with E-state index in [1.165, 1.54) is 227 Å². The van der Waals surface area contributed by atoms with Crippen molar-refractivity contribution in [3.05, 3.63) is 449 Å². The van der Waals surface area contributed by atoms with E-state index in [4.69, 9.17) is 4.42 Å². The first-order valence-corrected chi connectivity index (χ1v) is 46.4. The quantitative estimate of drug-likeness (QED) is 0.147. The van der Waals surface area contributed by atoms with Gasteiger partial charge in [-0.25, -0.2) is 0 Å². The summed E-state index contributed by atoms with van der Waals surface area (Å²) in [5, 5.41) is 27.7. The van der Waals surface area contributed by atoms with Crippen LogP contribution in [0, 0.1) is 0 Å². The number of benzene rings is 21. The lowest BCUT2D eigenvalue weighted by atomic mass is 10.00. The second-order valence-corrected chi connectivity index (χ2v) is 36.7. The molecular weight excluding hydrogens is 1630 g/mol. The van der Waals surface area contributed by atoms with E-state index in [-0.39, 0.29) is 0 Å². The van der Waals surface area contributed by atoms with Gasteiger partial charge in [-0.2, -0.15) is 0 Å². The third kappa shape index (κ3) is 11.2. The number of hydrogen-bond donors (Lipinski definition) is 0. The molecule has 0 saturated heterocycles. The van der Waals surface area contributed by atoms with Gasteiger partial charge in [-0.3, -0.25) is 0 Å². The molecule has 9 heterocycles. The number of para-hydroxylation sites is 8. The van der Waals surface area contributed by atoms with Gasteiger partial charge in [0.15, 0.2) is 0 Å². The Morgan fingerprint density at radius 1 is 0.145 bits per heavy atom. The minimum absolute atomic E-state index is 0.913. The maximum Gasteiger partial charge on any atom is 0.136 e. The first-order valence-electron chi connectivity index (χ1n) is 44.7. The van der Waals surface area contributed by atoms with Crippen molar-refractivity contribution >= 4 is 237 Å². The monoisotopic (exact) mass is 1700 g/mol. The Morgan fingerprint density at radius 3 is 0.954 bits per heavy atom. The molecule has 7 nitrogen and oxygen atoms in total. The van der Waals surface area contributed by atoms with E-state index in [9.17, 15) is 0 Å². The number of fused-ring (bicyclic) bond motifs is 30. The van der Waals surface area contributed by atoms with E-state index in [0.717, 1.165) is 33.3 Å². The first-order chi connectivity index (χ1) is 65.0. The van der Waals surface area contributed by atoms with Crippen molar-refractivity contribution in [2.24, 2.45) is 0 Å². The Balaban J connectivity index is 0.0000000990. The van der Waals surface area contributed by atoms with Crippen molar-refractivity contribution in [1.82, 2.24) is 27.4 Å². The van der Waals surface area contributed by atoms with Crippen LogP contribution in [0.3, 0.4) is 0 Å². The molecule has 0 aliphatic carbocycles. The molecule has 21 aromatic carbocycles. The van der Waals surface area contributed by atoms with Gasteiger partial charge in [0.2, 0.25) is 0 Å². The van der Waals surface area contributed by atoms with E-state index in [0.29, 0.717) is 0 Å². The van der Waals surface area contributed by atoms with Crippen LogP contribution in [0.15, 0.2) is 453 Å². The molecular formula is C122H74N6OS2. The first kappa shape index (κ1) is 73.4. The van der Waals surface area contributed by atoms with Crippen LogP contribution in [0.1, 0.15) is 0 Å². The number of nitrogens with zero attached hydrogens (tertiary/aromatic N) is 6.